The van der Waals surface area contributed by atoms with Crippen molar-refractivity contribution in [1.82, 2.24) is 9.78 Å². The average Bonchev–Trinajstić information content (AvgIpc) is 2.67. The van der Waals surface area contributed by atoms with Gasteiger partial charge in [-0.2, -0.15) is 5.10 Å². The van der Waals surface area contributed by atoms with Crippen molar-refractivity contribution >= 4 is 5.97 Å². The summed E-state index contributed by atoms with van der Waals surface area (Å²) < 4.78 is 1.85. The Labute approximate surface area is 99.5 Å². The first-order chi connectivity index (χ1) is 8.06. The predicted molar refractivity (Wildman–Crippen MR) is 64.2 cm³/mol. The molecule has 17 heavy (non-hydrogen) atoms. The Morgan fingerprint density at radius 3 is 2.65 bits per heavy atom. The summed E-state index contributed by atoms with van der Waals surface area (Å²) in [7, 11) is 0. The average molecular weight is 230 g/mol. The Balaban J connectivity index is 2.25. The maximum Gasteiger partial charge on any atom is 0.335 e. The lowest BCUT2D eigenvalue weighted by molar-refractivity contribution is 0.0697. The maximum atomic E-state index is 10.8. The van der Waals surface area contributed by atoms with Crippen molar-refractivity contribution < 1.29 is 9.90 Å². The number of aryl methyl sites for hydroxylation is 2. The lowest BCUT2D eigenvalue weighted by Crippen LogP contribution is -2.04. The minimum absolute atomic E-state index is 0.322. The van der Waals surface area contributed by atoms with Gasteiger partial charge in [-0.05, 0) is 43.2 Å². The normalized spacial score (nSPS) is 10.5. The van der Waals surface area contributed by atoms with Crippen molar-refractivity contribution in [3.8, 4) is 0 Å². The molecule has 1 N–H and O–H groups in total. The molecule has 0 aliphatic heterocycles. The quantitative estimate of drug-likeness (QED) is 0.879. The van der Waals surface area contributed by atoms with Gasteiger partial charge in [0.2, 0.25) is 0 Å². The number of hydrogen-bond donors (Lipinski definition) is 1. The summed E-state index contributed by atoms with van der Waals surface area (Å²) in [5, 5.41) is 13.2. The van der Waals surface area contributed by atoms with Crippen LogP contribution in [0.25, 0.3) is 0 Å². The van der Waals surface area contributed by atoms with Gasteiger partial charge in [0.05, 0.1) is 17.8 Å². The van der Waals surface area contributed by atoms with Crippen molar-refractivity contribution in [2.45, 2.75) is 20.4 Å². The van der Waals surface area contributed by atoms with E-state index in [-0.39, 0.29) is 0 Å². The second-order valence-corrected chi connectivity index (χ2v) is 4.10. The largest absolute Gasteiger partial charge is 0.478 e. The molecule has 0 amide bonds. The highest BCUT2D eigenvalue weighted by molar-refractivity contribution is 5.87. The number of aromatic nitrogens is 2. The molecule has 0 radical (unpaired) electrons. The van der Waals surface area contributed by atoms with E-state index in [9.17, 15) is 4.79 Å². The van der Waals surface area contributed by atoms with Crippen LogP contribution in [0.15, 0.2) is 30.5 Å². The minimum atomic E-state index is -0.894. The number of rotatable bonds is 3. The Hall–Kier alpha value is -2.10. The summed E-state index contributed by atoms with van der Waals surface area (Å²) in [5.41, 5.74) is 3.35. The molecule has 0 aliphatic carbocycles. The number of carbonyl (C=O) groups is 1. The molecule has 0 unspecified atom stereocenters. The van der Waals surface area contributed by atoms with E-state index < -0.39 is 5.97 Å². The van der Waals surface area contributed by atoms with Crippen LogP contribution < -0.4 is 0 Å². The van der Waals surface area contributed by atoms with Crippen LogP contribution in [0.1, 0.15) is 27.2 Å². The molecular formula is C13H14N2O2. The fraction of sp³-hybridized carbons (Fsp3) is 0.231. The van der Waals surface area contributed by atoms with Crippen LogP contribution in [0, 0.1) is 13.8 Å². The Bertz CT molecular complexity index is 558. The molecule has 0 saturated carbocycles. The first kappa shape index (κ1) is 11.4. The van der Waals surface area contributed by atoms with Crippen LogP contribution in [0.4, 0.5) is 0 Å². The van der Waals surface area contributed by atoms with Crippen LogP contribution in [0.3, 0.4) is 0 Å². The minimum Gasteiger partial charge on any atom is -0.478 e. The van der Waals surface area contributed by atoms with E-state index in [1.807, 2.05) is 36.9 Å². The summed E-state index contributed by atoms with van der Waals surface area (Å²) in [6, 6.07) is 7.10. The summed E-state index contributed by atoms with van der Waals surface area (Å²) in [5.74, 6) is -0.894. The Morgan fingerprint density at radius 1 is 1.35 bits per heavy atom. The van der Waals surface area contributed by atoms with E-state index in [1.165, 1.54) is 0 Å². The molecule has 0 bridgehead atoms. The Kier molecular flexibility index (Phi) is 2.95. The van der Waals surface area contributed by atoms with Crippen LogP contribution >= 0.6 is 0 Å². The van der Waals surface area contributed by atoms with Crippen LogP contribution in [-0.4, -0.2) is 20.9 Å². The zero-order valence-corrected chi connectivity index (χ0v) is 9.84. The third-order valence-electron chi connectivity index (χ3n) is 2.70. The summed E-state index contributed by atoms with van der Waals surface area (Å²) in [6.45, 7) is 4.52. The number of hydrogen-bond acceptors (Lipinski definition) is 2. The van der Waals surface area contributed by atoms with Crippen LogP contribution in [0.5, 0.6) is 0 Å². The van der Waals surface area contributed by atoms with Gasteiger partial charge in [-0.1, -0.05) is 6.07 Å². The summed E-state index contributed by atoms with van der Waals surface area (Å²) >= 11 is 0. The number of benzene rings is 1. The molecule has 2 rings (SSSR count). The van der Waals surface area contributed by atoms with Gasteiger partial charge in [-0.15, -0.1) is 0 Å². The number of nitrogens with zero attached hydrogens (tertiary/aromatic N) is 2. The second kappa shape index (κ2) is 4.41. The third-order valence-corrected chi connectivity index (χ3v) is 2.70. The lowest BCUT2D eigenvalue weighted by atomic mass is 10.1. The highest BCUT2D eigenvalue weighted by Gasteiger charge is 2.06. The monoisotopic (exact) mass is 230 g/mol. The van der Waals surface area contributed by atoms with Gasteiger partial charge in [-0.25, -0.2) is 4.79 Å². The molecule has 1 aromatic heterocycles. The van der Waals surface area contributed by atoms with Gasteiger partial charge < -0.3 is 5.11 Å². The van der Waals surface area contributed by atoms with Crippen molar-refractivity contribution in [1.29, 1.82) is 0 Å². The van der Waals surface area contributed by atoms with Crippen molar-refractivity contribution in [2.24, 2.45) is 0 Å². The van der Waals surface area contributed by atoms with Gasteiger partial charge in [0, 0.05) is 6.20 Å². The molecule has 0 spiro atoms. The third kappa shape index (κ3) is 2.53. The smallest absolute Gasteiger partial charge is 0.335 e. The van der Waals surface area contributed by atoms with Gasteiger partial charge in [-0.3, -0.25) is 4.68 Å². The molecule has 4 heteroatoms. The van der Waals surface area contributed by atoms with Crippen molar-refractivity contribution in [3.63, 3.8) is 0 Å². The van der Waals surface area contributed by atoms with E-state index in [2.05, 4.69) is 5.10 Å². The fourth-order valence-corrected chi connectivity index (χ4v) is 1.73. The molecule has 0 fully saturated rings. The van der Waals surface area contributed by atoms with E-state index in [1.54, 1.807) is 12.1 Å². The van der Waals surface area contributed by atoms with Gasteiger partial charge in [0.15, 0.2) is 0 Å². The van der Waals surface area contributed by atoms with E-state index in [0.717, 1.165) is 16.8 Å². The summed E-state index contributed by atoms with van der Waals surface area (Å²) in [4.78, 5) is 10.8. The molecule has 0 saturated heterocycles. The van der Waals surface area contributed by atoms with Gasteiger partial charge in [0.25, 0.3) is 0 Å². The molecule has 1 heterocycles. The standard InChI is InChI=1S/C13H14N2O2/c1-9-7-11(13(16)17)3-4-12(9)8-15-6-5-10(2)14-15/h3-7H,8H2,1-2H3,(H,16,17). The van der Waals surface area contributed by atoms with Crippen LogP contribution in [-0.2, 0) is 6.54 Å². The lowest BCUT2D eigenvalue weighted by Gasteiger charge is -2.07. The number of carboxylic acids is 1. The first-order valence-electron chi connectivity index (χ1n) is 5.39. The molecule has 1 aromatic carbocycles. The zero-order chi connectivity index (χ0) is 12.4. The van der Waals surface area contributed by atoms with Crippen LogP contribution in [0.2, 0.25) is 0 Å². The van der Waals surface area contributed by atoms with E-state index in [0.29, 0.717) is 12.1 Å². The summed E-state index contributed by atoms with van der Waals surface area (Å²) in [6.07, 6.45) is 1.92. The molecule has 88 valence electrons. The molecule has 0 aliphatic rings. The predicted octanol–water partition coefficient (Wildman–Crippen LogP) is 2.25. The highest BCUT2D eigenvalue weighted by Crippen LogP contribution is 2.12. The molecule has 2 aromatic rings. The maximum absolute atomic E-state index is 10.8. The zero-order valence-electron chi connectivity index (χ0n) is 9.84. The van der Waals surface area contributed by atoms with Crippen molar-refractivity contribution in [3.05, 3.63) is 52.8 Å². The second-order valence-electron chi connectivity index (χ2n) is 4.10. The van der Waals surface area contributed by atoms with Gasteiger partial charge in [0.1, 0.15) is 0 Å². The van der Waals surface area contributed by atoms with E-state index in [4.69, 9.17) is 5.11 Å². The molecular weight excluding hydrogens is 216 g/mol. The number of carboxylic acid groups (broad SMARTS) is 1. The van der Waals surface area contributed by atoms with Crippen molar-refractivity contribution in [2.75, 3.05) is 0 Å². The Morgan fingerprint density at radius 2 is 2.12 bits per heavy atom. The topological polar surface area (TPSA) is 55.1 Å². The van der Waals surface area contributed by atoms with E-state index >= 15 is 0 Å². The van der Waals surface area contributed by atoms with Gasteiger partial charge >= 0.3 is 5.97 Å². The SMILES string of the molecule is Cc1ccn(Cc2ccc(C(=O)O)cc2C)n1. The molecule has 4 nitrogen and oxygen atoms in total. The first-order valence-corrected chi connectivity index (χ1v) is 5.39. The highest BCUT2D eigenvalue weighted by atomic mass is 16.4. The number of aromatic carboxylic acids is 1. The molecule has 0 atom stereocenters. The fourth-order valence-electron chi connectivity index (χ4n) is 1.73.